The van der Waals surface area contributed by atoms with Gasteiger partial charge in [-0.2, -0.15) is 9.77 Å². The molecule has 1 amide bonds. The smallest absolute Gasteiger partial charge is 0.280 e. The summed E-state index contributed by atoms with van der Waals surface area (Å²) in [6.07, 6.45) is 5.51. The van der Waals surface area contributed by atoms with Crippen molar-refractivity contribution in [1.29, 1.82) is 0 Å². The lowest BCUT2D eigenvalue weighted by atomic mass is 10.1. The number of unbranched alkanes of at least 4 members (excludes halogenated alkanes) is 1. The highest BCUT2D eigenvalue weighted by Gasteiger charge is 2.20. The van der Waals surface area contributed by atoms with Gasteiger partial charge in [0, 0.05) is 18.0 Å². The van der Waals surface area contributed by atoms with Crippen LogP contribution in [0.2, 0.25) is 0 Å². The average Bonchev–Trinajstić information content (AvgIpc) is 3.18. The standard InChI is InChI=1S/C21H19FN6O2/c1-2-3-6-16-17-18(26-25-16)21(30)28(27-20(29)14-5-4-11-23-12-14)19(24-17)13-7-9-15(22)10-8-13/h4-5,7-12H,2-3,6H2,1H3,(H,25,26)(H,27,29). The zero-order chi connectivity index (χ0) is 21.1. The second-order valence-corrected chi connectivity index (χ2v) is 6.77. The lowest BCUT2D eigenvalue weighted by Gasteiger charge is -2.13. The molecule has 1 aromatic carbocycles. The first-order valence-corrected chi connectivity index (χ1v) is 9.55. The van der Waals surface area contributed by atoms with Crippen molar-refractivity contribution in [3.8, 4) is 11.4 Å². The number of carbonyl (C=O) groups is 1. The number of nitrogens with one attached hydrogen (secondary N) is 2. The van der Waals surface area contributed by atoms with E-state index in [-0.39, 0.29) is 16.9 Å². The first kappa shape index (κ1) is 19.4. The van der Waals surface area contributed by atoms with Crippen molar-refractivity contribution < 1.29 is 9.18 Å². The maximum absolute atomic E-state index is 13.4. The van der Waals surface area contributed by atoms with Gasteiger partial charge in [0.25, 0.3) is 5.91 Å². The second-order valence-electron chi connectivity index (χ2n) is 6.77. The predicted octanol–water partition coefficient (Wildman–Crippen LogP) is 3.05. The van der Waals surface area contributed by atoms with Crippen molar-refractivity contribution in [3.63, 3.8) is 0 Å². The van der Waals surface area contributed by atoms with E-state index in [9.17, 15) is 14.0 Å². The molecule has 4 rings (SSSR count). The number of hydrogen-bond acceptors (Lipinski definition) is 5. The molecule has 30 heavy (non-hydrogen) atoms. The molecule has 152 valence electrons. The SMILES string of the molecule is CCCCc1[nH]nc2c(=O)n(NC(=O)c3cccnc3)c(-c3ccc(F)cc3)nc12. The van der Waals surface area contributed by atoms with Crippen LogP contribution in [0.5, 0.6) is 0 Å². The molecule has 0 aliphatic heterocycles. The molecule has 8 nitrogen and oxygen atoms in total. The Morgan fingerprint density at radius 2 is 2.00 bits per heavy atom. The van der Waals surface area contributed by atoms with Gasteiger partial charge in [-0.1, -0.05) is 13.3 Å². The molecular weight excluding hydrogens is 387 g/mol. The van der Waals surface area contributed by atoms with Crippen LogP contribution in [0, 0.1) is 5.82 Å². The Balaban J connectivity index is 1.87. The van der Waals surface area contributed by atoms with E-state index in [1.807, 2.05) is 0 Å². The van der Waals surface area contributed by atoms with E-state index in [0.29, 0.717) is 17.5 Å². The number of fused-ring (bicyclic) bond motifs is 1. The monoisotopic (exact) mass is 406 g/mol. The van der Waals surface area contributed by atoms with E-state index >= 15 is 0 Å². The average molecular weight is 406 g/mol. The summed E-state index contributed by atoms with van der Waals surface area (Å²) in [6.45, 7) is 2.07. The number of pyridine rings is 1. The van der Waals surface area contributed by atoms with Crippen LogP contribution in [0.1, 0.15) is 35.8 Å². The lowest BCUT2D eigenvalue weighted by Crippen LogP contribution is -2.35. The van der Waals surface area contributed by atoms with Crippen molar-refractivity contribution in [2.24, 2.45) is 0 Å². The van der Waals surface area contributed by atoms with Crippen molar-refractivity contribution >= 4 is 16.9 Å². The van der Waals surface area contributed by atoms with Crippen LogP contribution in [0.15, 0.2) is 53.6 Å². The molecule has 4 aromatic rings. The summed E-state index contributed by atoms with van der Waals surface area (Å²) in [5, 5.41) is 7.00. The minimum atomic E-state index is -0.532. The normalized spacial score (nSPS) is 11.0. The van der Waals surface area contributed by atoms with Crippen LogP contribution in [-0.2, 0) is 6.42 Å². The summed E-state index contributed by atoms with van der Waals surface area (Å²) < 4.78 is 14.5. The topological polar surface area (TPSA) is 106 Å². The summed E-state index contributed by atoms with van der Waals surface area (Å²) in [7, 11) is 0. The Morgan fingerprint density at radius 1 is 1.20 bits per heavy atom. The van der Waals surface area contributed by atoms with Gasteiger partial charge in [0.1, 0.15) is 11.3 Å². The summed E-state index contributed by atoms with van der Waals surface area (Å²) >= 11 is 0. The number of hydrogen-bond donors (Lipinski definition) is 2. The van der Waals surface area contributed by atoms with Gasteiger partial charge >= 0.3 is 5.56 Å². The van der Waals surface area contributed by atoms with E-state index in [1.165, 1.54) is 30.5 Å². The fourth-order valence-corrected chi connectivity index (χ4v) is 3.09. The number of H-pyrrole nitrogens is 1. The number of amides is 1. The number of aryl methyl sites for hydroxylation is 1. The summed E-state index contributed by atoms with van der Waals surface area (Å²) in [6, 6.07) is 8.74. The number of nitrogens with zero attached hydrogens (tertiary/aromatic N) is 4. The number of aromatic amines is 1. The van der Waals surface area contributed by atoms with Gasteiger partial charge in [-0.3, -0.25) is 25.1 Å². The zero-order valence-electron chi connectivity index (χ0n) is 16.2. The fourth-order valence-electron chi connectivity index (χ4n) is 3.09. The molecule has 0 spiro atoms. The third-order valence-electron chi connectivity index (χ3n) is 4.67. The quantitative estimate of drug-likeness (QED) is 0.512. The molecule has 0 fully saturated rings. The maximum atomic E-state index is 13.4. The molecule has 9 heteroatoms. The summed E-state index contributed by atoms with van der Waals surface area (Å²) in [4.78, 5) is 34.4. The van der Waals surface area contributed by atoms with Gasteiger partial charge in [0.2, 0.25) is 0 Å². The lowest BCUT2D eigenvalue weighted by molar-refractivity contribution is 0.101. The Morgan fingerprint density at radius 3 is 2.70 bits per heavy atom. The zero-order valence-corrected chi connectivity index (χ0v) is 16.2. The molecular formula is C21H19FN6O2. The van der Waals surface area contributed by atoms with Crippen molar-refractivity contribution in [2.75, 3.05) is 5.43 Å². The van der Waals surface area contributed by atoms with Gasteiger partial charge in [-0.05, 0) is 49.2 Å². The molecule has 0 atom stereocenters. The third-order valence-corrected chi connectivity index (χ3v) is 4.67. The molecule has 0 saturated heterocycles. The highest BCUT2D eigenvalue weighted by Crippen LogP contribution is 2.20. The number of carbonyl (C=O) groups excluding carboxylic acids is 1. The maximum Gasteiger partial charge on any atom is 0.301 e. The summed E-state index contributed by atoms with van der Waals surface area (Å²) in [5.41, 5.74) is 4.11. The molecule has 0 saturated carbocycles. The highest BCUT2D eigenvalue weighted by atomic mass is 19.1. The molecule has 3 aromatic heterocycles. The molecule has 0 aliphatic carbocycles. The molecule has 0 aliphatic rings. The largest absolute Gasteiger partial charge is 0.301 e. The number of benzene rings is 1. The van der Waals surface area contributed by atoms with Crippen LogP contribution in [0.3, 0.4) is 0 Å². The molecule has 0 unspecified atom stereocenters. The van der Waals surface area contributed by atoms with E-state index < -0.39 is 17.3 Å². The van der Waals surface area contributed by atoms with Gasteiger partial charge in [0.05, 0.1) is 11.3 Å². The van der Waals surface area contributed by atoms with Crippen LogP contribution >= 0.6 is 0 Å². The minimum Gasteiger partial charge on any atom is -0.280 e. The Kier molecular flexibility index (Phi) is 5.34. The highest BCUT2D eigenvalue weighted by molar-refractivity contribution is 6.00. The first-order chi connectivity index (χ1) is 14.6. The third kappa shape index (κ3) is 3.69. The van der Waals surface area contributed by atoms with Gasteiger partial charge in [-0.25, -0.2) is 9.37 Å². The Labute approximate surface area is 170 Å². The van der Waals surface area contributed by atoms with Gasteiger partial charge in [0.15, 0.2) is 11.3 Å². The van der Waals surface area contributed by atoms with E-state index in [1.54, 1.807) is 18.3 Å². The van der Waals surface area contributed by atoms with E-state index in [4.69, 9.17) is 0 Å². The van der Waals surface area contributed by atoms with Gasteiger partial charge < -0.3 is 0 Å². The number of rotatable bonds is 6. The second kappa shape index (κ2) is 8.24. The van der Waals surface area contributed by atoms with Crippen LogP contribution in [-0.4, -0.2) is 30.7 Å². The molecule has 0 radical (unpaired) electrons. The first-order valence-electron chi connectivity index (χ1n) is 9.55. The van der Waals surface area contributed by atoms with Crippen molar-refractivity contribution in [2.45, 2.75) is 26.2 Å². The molecule has 2 N–H and O–H groups in total. The number of halogens is 1. The van der Waals surface area contributed by atoms with Gasteiger partial charge in [-0.15, -0.1) is 0 Å². The Hall–Kier alpha value is -3.88. The Bertz CT molecular complexity index is 1250. The summed E-state index contributed by atoms with van der Waals surface area (Å²) in [5.74, 6) is -0.764. The van der Waals surface area contributed by atoms with E-state index in [0.717, 1.165) is 23.2 Å². The minimum absolute atomic E-state index is 0.124. The fraction of sp³-hybridized carbons (Fsp3) is 0.190. The molecule has 0 bridgehead atoms. The van der Waals surface area contributed by atoms with E-state index in [2.05, 4.69) is 32.5 Å². The van der Waals surface area contributed by atoms with Crippen LogP contribution in [0.4, 0.5) is 4.39 Å². The molecule has 3 heterocycles. The predicted molar refractivity (Wildman–Crippen MR) is 110 cm³/mol. The van der Waals surface area contributed by atoms with Crippen molar-refractivity contribution in [3.05, 3.63) is 76.2 Å². The van der Waals surface area contributed by atoms with Crippen molar-refractivity contribution in [1.82, 2.24) is 24.8 Å². The number of aromatic nitrogens is 5. The van der Waals surface area contributed by atoms with Crippen LogP contribution < -0.4 is 11.0 Å². The van der Waals surface area contributed by atoms with Crippen LogP contribution in [0.25, 0.3) is 22.4 Å².